The molecule has 3 rings (SSSR count). The molecule has 19 heavy (non-hydrogen) atoms. The van der Waals surface area contributed by atoms with Gasteiger partial charge in [0, 0.05) is 0 Å². The average molecular weight is 254 g/mol. The Kier molecular flexibility index (Phi) is 2.29. The highest BCUT2D eigenvalue weighted by molar-refractivity contribution is 5.82. The minimum absolute atomic E-state index is 0.0890. The molecule has 2 heterocycles. The summed E-state index contributed by atoms with van der Waals surface area (Å²) in [5.41, 5.74) is 1.38. The summed E-state index contributed by atoms with van der Waals surface area (Å²) < 4.78 is 1.33. The van der Waals surface area contributed by atoms with Crippen LogP contribution in [0, 0.1) is 11.3 Å². The van der Waals surface area contributed by atoms with Crippen molar-refractivity contribution in [3.8, 4) is 6.07 Å². The second-order valence-electron chi connectivity index (χ2n) is 4.26. The molecule has 0 atom stereocenters. The van der Waals surface area contributed by atoms with Crippen LogP contribution in [0.4, 0.5) is 0 Å². The van der Waals surface area contributed by atoms with Gasteiger partial charge in [0.05, 0.1) is 11.0 Å². The topological polar surface area (TPSA) is 93.9 Å². The van der Waals surface area contributed by atoms with Crippen LogP contribution in [0.25, 0.3) is 16.7 Å². The van der Waals surface area contributed by atoms with Crippen LogP contribution in [0.2, 0.25) is 0 Å². The quantitative estimate of drug-likeness (QED) is 0.675. The molecule has 3 aromatic rings. The number of H-pyrrole nitrogens is 2. The molecule has 0 aliphatic rings. The van der Waals surface area contributed by atoms with Gasteiger partial charge < -0.3 is 4.98 Å². The maximum absolute atomic E-state index is 11.9. The number of aromatic amines is 2. The monoisotopic (exact) mass is 254 g/mol. The van der Waals surface area contributed by atoms with Crippen LogP contribution in [0.5, 0.6) is 0 Å². The summed E-state index contributed by atoms with van der Waals surface area (Å²) >= 11 is 0. The van der Waals surface area contributed by atoms with E-state index in [2.05, 4.69) is 9.97 Å². The lowest BCUT2D eigenvalue weighted by Gasteiger charge is -1.97. The predicted octanol–water partition coefficient (Wildman–Crippen LogP) is 0.903. The van der Waals surface area contributed by atoms with E-state index in [4.69, 9.17) is 5.26 Å². The van der Waals surface area contributed by atoms with Gasteiger partial charge in [0.1, 0.15) is 11.7 Å². The normalized spacial score (nSPS) is 10.9. The number of rotatable bonds is 1. The van der Waals surface area contributed by atoms with E-state index in [0.717, 1.165) is 12.0 Å². The number of hydrogen-bond donors (Lipinski definition) is 2. The first-order valence-electron chi connectivity index (χ1n) is 5.85. The Balaban J connectivity index is 2.63. The Morgan fingerprint density at radius 2 is 2.11 bits per heavy atom. The lowest BCUT2D eigenvalue weighted by molar-refractivity contribution is 0.988. The second-order valence-corrected chi connectivity index (χ2v) is 4.26. The first-order valence-corrected chi connectivity index (χ1v) is 5.85. The zero-order chi connectivity index (χ0) is 13.6. The van der Waals surface area contributed by atoms with Crippen molar-refractivity contribution in [1.82, 2.24) is 14.4 Å². The number of aryl methyl sites for hydroxylation is 1. The third-order valence-corrected chi connectivity index (χ3v) is 3.19. The molecule has 0 radical (unpaired) electrons. The molecule has 0 aliphatic heterocycles. The molecule has 0 spiro atoms. The second kappa shape index (κ2) is 3.85. The fraction of sp³-hybridized carbons (Fsp3) is 0.154. The molecule has 0 unspecified atom stereocenters. The first kappa shape index (κ1) is 11.3. The molecule has 1 aromatic carbocycles. The standard InChI is InChI=1S/C13H10N4O2/c1-2-7-3-4-9-10(5-7)17-11(15-9)8(6-14)12(18)16-13(17)19/h3-5,15H,2H2,1H3,(H,16,18,19). The fourth-order valence-corrected chi connectivity index (χ4v) is 2.20. The molecule has 2 N–H and O–H groups in total. The summed E-state index contributed by atoms with van der Waals surface area (Å²) in [6.45, 7) is 2.02. The van der Waals surface area contributed by atoms with Crippen molar-refractivity contribution in [2.45, 2.75) is 13.3 Å². The predicted molar refractivity (Wildman–Crippen MR) is 70.2 cm³/mol. The molecule has 2 aromatic heterocycles. The maximum atomic E-state index is 11.9. The summed E-state index contributed by atoms with van der Waals surface area (Å²) in [6.07, 6.45) is 0.839. The van der Waals surface area contributed by atoms with E-state index in [1.165, 1.54) is 4.40 Å². The highest BCUT2D eigenvalue weighted by Gasteiger charge is 2.13. The average Bonchev–Trinajstić information content (AvgIpc) is 2.77. The van der Waals surface area contributed by atoms with E-state index in [9.17, 15) is 9.59 Å². The first-order chi connectivity index (χ1) is 9.15. The van der Waals surface area contributed by atoms with Crippen LogP contribution in [0.3, 0.4) is 0 Å². The smallest absolute Gasteiger partial charge is 0.334 e. The summed E-state index contributed by atoms with van der Waals surface area (Å²) in [4.78, 5) is 28.6. The molecule has 0 aliphatic carbocycles. The van der Waals surface area contributed by atoms with Crippen molar-refractivity contribution in [2.75, 3.05) is 0 Å². The number of hydrogen-bond acceptors (Lipinski definition) is 3. The van der Waals surface area contributed by atoms with Gasteiger partial charge in [0.2, 0.25) is 0 Å². The Hall–Kier alpha value is -2.81. The van der Waals surface area contributed by atoms with Crippen molar-refractivity contribution in [2.24, 2.45) is 0 Å². The highest BCUT2D eigenvalue weighted by Crippen LogP contribution is 2.17. The maximum Gasteiger partial charge on any atom is 0.334 e. The zero-order valence-electron chi connectivity index (χ0n) is 10.2. The number of nitriles is 1. The molecule has 0 saturated heterocycles. The SMILES string of the molecule is CCc1ccc2[nH]c3c(C#N)c(=O)[nH]c(=O)n3c2c1. The van der Waals surface area contributed by atoms with Gasteiger partial charge in [-0.15, -0.1) is 0 Å². The lowest BCUT2D eigenvalue weighted by Crippen LogP contribution is -2.27. The van der Waals surface area contributed by atoms with E-state index in [1.54, 1.807) is 0 Å². The minimum atomic E-state index is -0.672. The number of nitrogens with one attached hydrogen (secondary N) is 2. The van der Waals surface area contributed by atoms with Crippen LogP contribution in [0.15, 0.2) is 27.8 Å². The van der Waals surface area contributed by atoms with Gasteiger partial charge >= 0.3 is 5.69 Å². The largest absolute Gasteiger partial charge is 0.338 e. The van der Waals surface area contributed by atoms with E-state index in [1.807, 2.05) is 31.2 Å². The molecule has 0 amide bonds. The van der Waals surface area contributed by atoms with Gasteiger partial charge in [-0.1, -0.05) is 13.0 Å². The van der Waals surface area contributed by atoms with Crippen molar-refractivity contribution in [3.63, 3.8) is 0 Å². The van der Waals surface area contributed by atoms with Crippen LogP contribution in [0.1, 0.15) is 18.1 Å². The van der Waals surface area contributed by atoms with E-state index in [-0.39, 0.29) is 11.2 Å². The molecule has 0 saturated carbocycles. The van der Waals surface area contributed by atoms with E-state index in [0.29, 0.717) is 11.0 Å². The van der Waals surface area contributed by atoms with E-state index < -0.39 is 11.2 Å². The highest BCUT2D eigenvalue weighted by atomic mass is 16.2. The number of benzene rings is 1. The van der Waals surface area contributed by atoms with Gasteiger partial charge in [0.25, 0.3) is 5.56 Å². The number of nitrogens with zero attached hydrogens (tertiary/aromatic N) is 2. The Morgan fingerprint density at radius 3 is 2.79 bits per heavy atom. The minimum Gasteiger partial charge on any atom is -0.338 e. The molecule has 6 heteroatoms. The Morgan fingerprint density at radius 1 is 1.32 bits per heavy atom. The van der Waals surface area contributed by atoms with Crippen LogP contribution in [-0.4, -0.2) is 14.4 Å². The summed E-state index contributed by atoms with van der Waals surface area (Å²) in [6, 6.07) is 7.48. The Bertz CT molecular complexity index is 953. The van der Waals surface area contributed by atoms with Crippen molar-refractivity contribution < 1.29 is 0 Å². The third kappa shape index (κ3) is 1.48. The van der Waals surface area contributed by atoms with Gasteiger partial charge in [0.15, 0.2) is 5.56 Å². The Labute approximate surface area is 106 Å². The summed E-state index contributed by atoms with van der Waals surface area (Å²) in [5, 5.41) is 9.03. The van der Waals surface area contributed by atoms with Crippen LogP contribution < -0.4 is 11.2 Å². The molecular weight excluding hydrogens is 244 g/mol. The van der Waals surface area contributed by atoms with Gasteiger partial charge in [-0.25, -0.2) is 9.20 Å². The van der Waals surface area contributed by atoms with Gasteiger partial charge in [-0.3, -0.25) is 9.78 Å². The summed E-state index contributed by atoms with van der Waals surface area (Å²) in [7, 11) is 0. The lowest BCUT2D eigenvalue weighted by atomic mass is 10.1. The summed E-state index contributed by atoms with van der Waals surface area (Å²) in [5.74, 6) is 0. The molecule has 6 nitrogen and oxygen atoms in total. The third-order valence-electron chi connectivity index (χ3n) is 3.19. The van der Waals surface area contributed by atoms with Crippen molar-refractivity contribution in [3.05, 3.63) is 50.2 Å². The molecule has 94 valence electrons. The fourth-order valence-electron chi connectivity index (χ4n) is 2.20. The zero-order valence-corrected chi connectivity index (χ0v) is 10.2. The van der Waals surface area contributed by atoms with Gasteiger partial charge in [-0.2, -0.15) is 5.26 Å². The molecular formula is C13H10N4O2. The van der Waals surface area contributed by atoms with Crippen molar-refractivity contribution >= 4 is 16.7 Å². The van der Waals surface area contributed by atoms with Gasteiger partial charge in [-0.05, 0) is 24.1 Å². The number of fused-ring (bicyclic) bond motifs is 3. The van der Waals surface area contributed by atoms with E-state index >= 15 is 0 Å². The van der Waals surface area contributed by atoms with Crippen LogP contribution in [-0.2, 0) is 6.42 Å². The number of imidazole rings is 1. The molecule has 0 fully saturated rings. The van der Waals surface area contributed by atoms with Crippen molar-refractivity contribution in [1.29, 1.82) is 5.26 Å². The number of aromatic nitrogens is 3. The van der Waals surface area contributed by atoms with Crippen LogP contribution >= 0.6 is 0 Å². The molecule has 0 bridgehead atoms.